The van der Waals surface area contributed by atoms with Gasteiger partial charge in [0, 0.05) is 42.8 Å². The summed E-state index contributed by atoms with van der Waals surface area (Å²) in [5.74, 6) is 0.130. The van der Waals surface area contributed by atoms with Crippen LogP contribution in [0.4, 0.5) is 5.69 Å². The molecule has 0 unspecified atom stereocenters. The summed E-state index contributed by atoms with van der Waals surface area (Å²) in [6.45, 7) is 2.33. The van der Waals surface area contributed by atoms with Gasteiger partial charge in [-0.2, -0.15) is 0 Å². The summed E-state index contributed by atoms with van der Waals surface area (Å²) in [4.78, 5) is 20.1. The molecule has 1 aromatic heterocycles. The van der Waals surface area contributed by atoms with Gasteiger partial charge in [-0.25, -0.2) is 0 Å². The summed E-state index contributed by atoms with van der Waals surface area (Å²) in [5.41, 5.74) is 8.73. The Labute approximate surface area is 181 Å². The van der Waals surface area contributed by atoms with Gasteiger partial charge < -0.3 is 10.2 Å². The summed E-state index contributed by atoms with van der Waals surface area (Å²) in [6.07, 6.45) is 1.79. The fourth-order valence-corrected chi connectivity index (χ4v) is 4.81. The Balaban J connectivity index is 1.25. The number of carbonyl (C=O) groups excluding carboxylic acids is 1. The van der Waals surface area contributed by atoms with Crippen molar-refractivity contribution in [2.75, 3.05) is 18.4 Å². The summed E-state index contributed by atoms with van der Waals surface area (Å²) in [5, 5.41) is 4.55. The van der Waals surface area contributed by atoms with Gasteiger partial charge in [-0.15, -0.1) is 0 Å². The fraction of sp³-hybridized carbons (Fsp3) is 0.185. The smallest absolute Gasteiger partial charge is 0.255 e. The monoisotopic (exact) mass is 405 g/mol. The third-order valence-electron chi connectivity index (χ3n) is 6.43. The van der Waals surface area contributed by atoms with Crippen molar-refractivity contribution in [3.8, 4) is 11.1 Å². The molecule has 31 heavy (non-hydrogen) atoms. The van der Waals surface area contributed by atoms with Gasteiger partial charge in [-0.1, -0.05) is 48.5 Å². The number of aromatic nitrogens is 1. The second-order valence-corrected chi connectivity index (χ2v) is 8.36. The van der Waals surface area contributed by atoms with Crippen LogP contribution in [0.25, 0.3) is 22.0 Å². The van der Waals surface area contributed by atoms with E-state index in [1.54, 1.807) is 0 Å². The van der Waals surface area contributed by atoms with Crippen molar-refractivity contribution in [3.63, 3.8) is 0 Å². The van der Waals surface area contributed by atoms with E-state index in [4.69, 9.17) is 4.98 Å². The number of nitrogens with zero attached hydrogens (tertiary/aromatic N) is 2. The van der Waals surface area contributed by atoms with Crippen LogP contribution in [0, 0.1) is 0 Å². The normalized spacial score (nSPS) is 14.6. The quantitative estimate of drug-likeness (QED) is 0.516. The summed E-state index contributed by atoms with van der Waals surface area (Å²) < 4.78 is 0. The molecule has 1 N–H and O–H groups in total. The Morgan fingerprint density at radius 1 is 0.935 bits per heavy atom. The third kappa shape index (κ3) is 3.15. The maximum atomic E-state index is 13.4. The van der Waals surface area contributed by atoms with E-state index >= 15 is 0 Å². The standard InChI is InChI=1S/C27H23N3O/c31-27-26-21(5-3-6-23(26)19-9-11-24-20(16-19)12-14-28-24)17-30(27)15-13-22-10-8-18-4-1-2-7-25(18)29-22/h1-11,16,28H,12-15,17H2. The van der Waals surface area contributed by atoms with Crippen molar-refractivity contribution in [1.29, 1.82) is 0 Å². The van der Waals surface area contributed by atoms with Crippen molar-refractivity contribution < 1.29 is 4.79 Å². The average Bonchev–Trinajstić information content (AvgIpc) is 3.41. The zero-order valence-corrected chi connectivity index (χ0v) is 17.3. The van der Waals surface area contributed by atoms with E-state index in [-0.39, 0.29) is 5.91 Å². The maximum absolute atomic E-state index is 13.4. The number of fused-ring (bicyclic) bond motifs is 3. The van der Waals surface area contributed by atoms with Gasteiger partial charge in [0.05, 0.1) is 11.1 Å². The zero-order valence-electron chi connectivity index (χ0n) is 17.3. The first-order valence-electron chi connectivity index (χ1n) is 10.9. The van der Waals surface area contributed by atoms with E-state index in [2.05, 4.69) is 59.9 Å². The summed E-state index contributed by atoms with van der Waals surface area (Å²) >= 11 is 0. The SMILES string of the molecule is O=C1c2c(cccc2-c2ccc3c(c2)CCN3)CN1CCc1ccc2ccccc2n1. The summed E-state index contributed by atoms with van der Waals surface area (Å²) in [7, 11) is 0. The molecule has 2 aliphatic heterocycles. The first-order chi connectivity index (χ1) is 15.3. The van der Waals surface area contributed by atoms with E-state index in [1.165, 1.54) is 11.3 Å². The molecule has 0 spiro atoms. The molecular formula is C27H23N3O. The molecule has 3 heterocycles. The van der Waals surface area contributed by atoms with Gasteiger partial charge in [0.25, 0.3) is 5.91 Å². The first kappa shape index (κ1) is 18.1. The Morgan fingerprint density at radius 3 is 2.84 bits per heavy atom. The van der Waals surface area contributed by atoms with Crippen LogP contribution in [0.2, 0.25) is 0 Å². The Morgan fingerprint density at radius 2 is 1.87 bits per heavy atom. The van der Waals surface area contributed by atoms with Gasteiger partial charge in [-0.05, 0) is 52.9 Å². The Bertz CT molecular complexity index is 1330. The molecule has 2 aliphatic rings. The van der Waals surface area contributed by atoms with Gasteiger partial charge in [0.15, 0.2) is 0 Å². The van der Waals surface area contributed by atoms with Crippen LogP contribution in [-0.2, 0) is 19.4 Å². The fourth-order valence-electron chi connectivity index (χ4n) is 4.81. The number of benzene rings is 3. The largest absolute Gasteiger partial charge is 0.384 e. The van der Waals surface area contributed by atoms with Gasteiger partial charge >= 0.3 is 0 Å². The van der Waals surface area contributed by atoms with E-state index < -0.39 is 0 Å². The molecule has 4 aromatic rings. The maximum Gasteiger partial charge on any atom is 0.255 e. The third-order valence-corrected chi connectivity index (χ3v) is 6.43. The Hall–Kier alpha value is -3.66. The molecular weight excluding hydrogens is 382 g/mol. The van der Waals surface area contributed by atoms with Crippen LogP contribution in [0.1, 0.15) is 27.2 Å². The molecule has 4 heteroatoms. The number of rotatable bonds is 4. The van der Waals surface area contributed by atoms with Gasteiger partial charge in [-0.3, -0.25) is 9.78 Å². The lowest BCUT2D eigenvalue weighted by Gasteiger charge is -2.16. The molecule has 0 saturated carbocycles. The van der Waals surface area contributed by atoms with Crippen molar-refractivity contribution in [1.82, 2.24) is 9.88 Å². The van der Waals surface area contributed by atoms with Crippen LogP contribution < -0.4 is 5.32 Å². The number of hydrogen-bond donors (Lipinski definition) is 1. The molecule has 0 saturated heterocycles. The highest BCUT2D eigenvalue weighted by Gasteiger charge is 2.30. The second-order valence-electron chi connectivity index (χ2n) is 8.36. The molecule has 152 valence electrons. The van der Waals surface area contributed by atoms with E-state index in [9.17, 15) is 4.79 Å². The van der Waals surface area contributed by atoms with Gasteiger partial charge in [0.1, 0.15) is 0 Å². The van der Waals surface area contributed by atoms with E-state index in [0.717, 1.165) is 58.2 Å². The summed E-state index contributed by atoms with van der Waals surface area (Å²) in [6, 6.07) is 25.1. The molecule has 6 rings (SSSR count). The molecule has 0 aliphatic carbocycles. The highest BCUT2D eigenvalue weighted by molar-refractivity contribution is 6.04. The van der Waals surface area contributed by atoms with Crippen molar-refractivity contribution in [2.45, 2.75) is 19.4 Å². The highest BCUT2D eigenvalue weighted by Crippen LogP contribution is 2.35. The van der Waals surface area contributed by atoms with Crippen molar-refractivity contribution in [3.05, 3.63) is 95.2 Å². The molecule has 0 radical (unpaired) electrons. The average molecular weight is 406 g/mol. The topological polar surface area (TPSA) is 45.2 Å². The van der Waals surface area contributed by atoms with Crippen LogP contribution in [0.15, 0.2) is 72.8 Å². The molecule has 0 fully saturated rings. The number of pyridine rings is 1. The van der Waals surface area contributed by atoms with Crippen molar-refractivity contribution in [2.24, 2.45) is 0 Å². The molecule has 3 aromatic carbocycles. The predicted molar refractivity (Wildman–Crippen MR) is 124 cm³/mol. The number of anilines is 1. The van der Waals surface area contributed by atoms with Crippen molar-refractivity contribution >= 4 is 22.5 Å². The van der Waals surface area contributed by atoms with Crippen LogP contribution in [0.3, 0.4) is 0 Å². The van der Waals surface area contributed by atoms with Crippen LogP contribution >= 0.6 is 0 Å². The lowest BCUT2D eigenvalue weighted by Crippen LogP contribution is -2.26. The number of hydrogen-bond acceptors (Lipinski definition) is 3. The highest BCUT2D eigenvalue weighted by atomic mass is 16.2. The molecule has 0 bridgehead atoms. The van der Waals surface area contributed by atoms with E-state index in [0.29, 0.717) is 13.1 Å². The lowest BCUT2D eigenvalue weighted by molar-refractivity contribution is 0.0780. The van der Waals surface area contributed by atoms with E-state index in [1.807, 2.05) is 23.1 Å². The number of amides is 1. The minimum Gasteiger partial charge on any atom is -0.384 e. The number of para-hydroxylation sites is 1. The zero-order chi connectivity index (χ0) is 20.8. The lowest BCUT2D eigenvalue weighted by atomic mass is 9.95. The minimum atomic E-state index is 0.130. The first-order valence-corrected chi connectivity index (χ1v) is 10.9. The Kier molecular flexibility index (Phi) is 4.23. The molecule has 0 atom stereocenters. The number of carbonyl (C=O) groups is 1. The molecule has 1 amide bonds. The van der Waals surface area contributed by atoms with Crippen LogP contribution in [0.5, 0.6) is 0 Å². The van der Waals surface area contributed by atoms with Crippen LogP contribution in [-0.4, -0.2) is 28.9 Å². The molecule has 4 nitrogen and oxygen atoms in total. The number of nitrogens with one attached hydrogen (secondary N) is 1. The van der Waals surface area contributed by atoms with Gasteiger partial charge in [0.2, 0.25) is 0 Å². The minimum absolute atomic E-state index is 0.130. The second kappa shape index (κ2) is 7.24. The predicted octanol–water partition coefficient (Wildman–Crippen LogP) is 5.07.